The van der Waals surface area contributed by atoms with Crippen LogP contribution in [0.1, 0.15) is 47.4 Å². The molecule has 0 aliphatic heterocycles. The first-order valence-corrected chi connectivity index (χ1v) is 11.0. The van der Waals surface area contributed by atoms with Gasteiger partial charge in [0.1, 0.15) is 0 Å². The largest absolute Gasteiger partial charge is 0.348 e. The van der Waals surface area contributed by atoms with E-state index in [1.165, 1.54) is 10.4 Å². The zero-order chi connectivity index (χ0) is 21.8. The second kappa shape index (κ2) is 9.02. The molecule has 1 heterocycles. The molecule has 2 aromatic carbocycles. The van der Waals surface area contributed by atoms with E-state index >= 15 is 0 Å². The SMILES string of the molecule is Cc1nn(-c2ccccc2)nc1C(=O)NC1CCC(Cc2ccccc2)(N(C)C)CC1. The van der Waals surface area contributed by atoms with Crippen LogP contribution in [0, 0.1) is 6.92 Å². The minimum atomic E-state index is -0.134. The zero-order valence-corrected chi connectivity index (χ0v) is 18.6. The van der Waals surface area contributed by atoms with Crippen LogP contribution in [0.5, 0.6) is 0 Å². The van der Waals surface area contributed by atoms with Crippen molar-refractivity contribution in [3.05, 3.63) is 77.6 Å². The fourth-order valence-corrected chi connectivity index (χ4v) is 4.58. The number of carbonyl (C=O) groups excluding carboxylic acids is 1. The molecule has 0 saturated heterocycles. The first-order valence-electron chi connectivity index (χ1n) is 11.0. The number of likely N-dealkylation sites (N-methyl/N-ethyl adjacent to an activating group) is 1. The number of nitrogens with zero attached hydrogens (tertiary/aromatic N) is 4. The fraction of sp³-hybridized carbons (Fsp3) is 0.400. The van der Waals surface area contributed by atoms with Crippen molar-refractivity contribution >= 4 is 5.91 Å². The number of hydrogen-bond acceptors (Lipinski definition) is 4. The molecular weight excluding hydrogens is 386 g/mol. The van der Waals surface area contributed by atoms with Crippen molar-refractivity contribution in [2.45, 2.75) is 50.6 Å². The average molecular weight is 418 g/mol. The molecule has 3 aromatic rings. The maximum Gasteiger partial charge on any atom is 0.273 e. The molecule has 0 atom stereocenters. The Morgan fingerprint density at radius 3 is 2.26 bits per heavy atom. The number of aryl methyl sites for hydroxylation is 1. The lowest BCUT2D eigenvalue weighted by atomic mass is 9.75. The van der Waals surface area contributed by atoms with E-state index in [9.17, 15) is 4.79 Å². The molecule has 0 spiro atoms. The van der Waals surface area contributed by atoms with E-state index in [-0.39, 0.29) is 17.5 Å². The van der Waals surface area contributed by atoms with Crippen LogP contribution in [0.2, 0.25) is 0 Å². The molecule has 1 aromatic heterocycles. The Kier molecular flexibility index (Phi) is 6.18. The Morgan fingerprint density at radius 1 is 1.03 bits per heavy atom. The van der Waals surface area contributed by atoms with Crippen molar-refractivity contribution in [2.24, 2.45) is 0 Å². The molecule has 0 bridgehead atoms. The maximum atomic E-state index is 12.9. The minimum Gasteiger partial charge on any atom is -0.348 e. The summed E-state index contributed by atoms with van der Waals surface area (Å²) in [7, 11) is 4.35. The highest BCUT2D eigenvalue weighted by atomic mass is 16.2. The van der Waals surface area contributed by atoms with E-state index in [2.05, 4.69) is 64.8 Å². The Balaban J connectivity index is 1.40. The van der Waals surface area contributed by atoms with Crippen LogP contribution in [0.25, 0.3) is 5.69 Å². The number of nitrogens with one attached hydrogen (secondary N) is 1. The van der Waals surface area contributed by atoms with Gasteiger partial charge in [0.2, 0.25) is 0 Å². The molecule has 6 nitrogen and oxygen atoms in total. The number of benzene rings is 2. The Hall–Kier alpha value is -2.99. The smallest absolute Gasteiger partial charge is 0.273 e. The van der Waals surface area contributed by atoms with Crippen molar-refractivity contribution in [3.63, 3.8) is 0 Å². The third-order valence-corrected chi connectivity index (χ3v) is 6.56. The molecule has 0 unspecified atom stereocenters. The summed E-state index contributed by atoms with van der Waals surface area (Å²) in [5.41, 5.74) is 3.39. The van der Waals surface area contributed by atoms with Gasteiger partial charge in [-0.25, -0.2) is 0 Å². The van der Waals surface area contributed by atoms with E-state index in [0.717, 1.165) is 37.8 Å². The predicted octanol–water partition coefficient (Wildman–Crippen LogP) is 3.79. The van der Waals surface area contributed by atoms with E-state index < -0.39 is 0 Å². The molecule has 1 fully saturated rings. The summed E-state index contributed by atoms with van der Waals surface area (Å²) in [5, 5.41) is 12.1. The van der Waals surface area contributed by atoms with E-state index in [1.807, 2.05) is 37.3 Å². The van der Waals surface area contributed by atoms with Crippen LogP contribution in [-0.4, -0.2) is 51.5 Å². The summed E-state index contributed by atoms with van der Waals surface area (Å²) in [6.07, 6.45) is 5.06. The molecule has 0 radical (unpaired) electrons. The van der Waals surface area contributed by atoms with Crippen LogP contribution in [0.15, 0.2) is 60.7 Å². The van der Waals surface area contributed by atoms with E-state index in [4.69, 9.17) is 0 Å². The number of aromatic nitrogens is 3. The third kappa shape index (κ3) is 4.69. The molecule has 31 heavy (non-hydrogen) atoms. The highest BCUT2D eigenvalue weighted by Crippen LogP contribution is 2.35. The molecule has 1 aliphatic carbocycles. The van der Waals surface area contributed by atoms with Gasteiger partial charge >= 0.3 is 0 Å². The summed E-state index contributed by atoms with van der Waals surface area (Å²) < 4.78 is 0. The highest BCUT2D eigenvalue weighted by Gasteiger charge is 2.38. The Morgan fingerprint density at radius 2 is 1.65 bits per heavy atom. The number of para-hydroxylation sites is 1. The Bertz CT molecular complexity index is 1000. The van der Waals surface area contributed by atoms with E-state index in [0.29, 0.717) is 11.4 Å². The van der Waals surface area contributed by atoms with Gasteiger partial charge in [-0.15, -0.1) is 5.10 Å². The van der Waals surface area contributed by atoms with Gasteiger partial charge in [-0.2, -0.15) is 9.90 Å². The van der Waals surface area contributed by atoms with E-state index in [1.54, 1.807) is 0 Å². The van der Waals surface area contributed by atoms with Gasteiger partial charge in [0.05, 0.1) is 11.4 Å². The lowest BCUT2D eigenvalue weighted by Crippen LogP contribution is -2.52. The second-order valence-corrected chi connectivity index (χ2v) is 8.79. The number of rotatable bonds is 6. The maximum absolute atomic E-state index is 12.9. The van der Waals surface area contributed by atoms with Crippen molar-refractivity contribution in [2.75, 3.05) is 14.1 Å². The second-order valence-electron chi connectivity index (χ2n) is 8.79. The normalized spacial score (nSPS) is 21.2. The number of amides is 1. The monoisotopic (exact) mass is 417 g/mol. The van der Waals surface area contributed by atoms with Crippen molar-refractivity contribution in [1.82, 2.24) is 25.2 Å². The molecule has 1 saturated carbocycles. The summed E-state index contributed by atoms with van der Waals surface area (Å²) >= 11 is 0. The fourth-order valence-electron chi connectivity index (χ4n) is 4.58. The summed E-state index contributed by atoms with van der Waals surface area (Å²) in [6, 6.07) is 20.5. The minimum absolute atomic E-state index is 0.134. The van der Waals surface area contributed by atoms with Gasteiger partial charge in [-0.1, -0.05) is 48.5 Å². The van der Waals surface area contributed by atoms with Crippen molar-refractivity contribution in [3.8, 4) is 5.69 Å². The quantitative estimate of drug-likeness (QED) is 0.663. The lowest BCUT2D eigenvalue weighted by molar-refractivity contribution is 0.0766. The van der Waals surface area contributed by atoms with Gasteiger partial charge < -0.3 is 10.2 Å². The van der Waals surface area contributed by atoms with Crippen LogP contribution in [-0.2, 0) is 6.42 Å². The molecule has 4 rings (SSSR count). The number of carbonyl (C=O) groups is 1. The summed E-state index contributed by atoms with van der Waals surface area (Å²) in [5.74, 6) is -0.134. The third-order valence-electron chi connectivity index (χ3n) is 6.56. The number of hydrogen-bond donors (Lipinski definition) is 1. The first-order chi connectivity index (χ1) is 15.0. The standard InChI is InChI=1S/C25H31N5O/c1-19-23(28-30(27-19)22-12-8-5-9-13-22)24(31)26-21-14-16-25(17-15-21,29(2)3)18-20-10-6-4-7-11-20/h4-13,21H,14-18H2,1-3H3,(H,26,31). The molecule has 162 valence electrons. The molecule has 1 aliphatic rings. The summed E-state index contributed by atoms with van der Waals surface area (Å²) in [4.78, 5) is 16.8. The van der Waals surface area contributed by atoms with Gasteiger partial charge in [-0.05, 0) is 70.8 Å². The highest BCUT2D eigenvalue weighted by molar-refractivity contribution is 5.93. The lowest BCUT2D eigenvalue weighted by Gasteiger charge is -2.45. The molecule has 6 heteroatoms. The van der Waals surface area contributed by atoms with Crippen molar-refractivity contribution < 1.29 is 4.79 Å². The van der Waals surface area contributed by atoms with Gasteiger partial charge in [-0.3, -0.25) is 4.79 Å². The molecule has 1 N–H and O–H groups in total. The zero-order valence-electron chi connectivity index (χ0n) is 18.6. The van der Waals surface area contributed by atoms with Crippen LogP contribution >= 0.6 is 0 Å². The van der Waals surface area contributed by atoms with Crippen LogP contribution < -0.4 is 5.32 Å². The van der Waals surface area contributed by atoms with Crippen LogP contribution in [0.4, 0.5) is 0 Å². The van der Waals surface area contributed by atoms with Gasteiger partial charge in [0.15, 0.2) is 5.69 Å². The van der Waals surface area contributed by atoms with Gasteiger partial charge in [0, 0.05) is 11.6 Å². The average Bonchev–Trinajstić information content (AvgIpc) is 3.18. The molecular formula is C25H31N5O. The molecule has 1 amide bonds. The van der Waals surface area contributed by atoms with Crippen LogP contribution in [0.3, 0.4) is 0 Å². The first kappa shape index (κ1) is 21.2. The van der Waals surface area contributed by atoms with Gasteiger partial charge in [0.25, 0.3) is 5.91 Å². The van der Waals surface area contributed by atoms with Crippen molar-refractivity contribution in [1.29, 1.82) is 0 Å². The predicted molar refractivity (Wildman–Crippen MR) is 122 cm³/mol. The summed E-state index contributed by atoms with van der Waals surface area (Å²) in [6.45, 7) is 1.83. The topological polar surface area (TPSA) is 63.1 Å². The Labute approximate surface area is 184 Å².